The van der Waals surface area contributed by atoms with E-state index in [-0.39, 0.29) is 17.2 Å². The van der Waals surface area contributed by atoms with Crippen LogP contribution >= 0.6 is 27.7 Å². The number of carbonyl (C=O) groups is 2. The standard InChI is InChI=1S/C24H21BrN2O2S/c1-2-16-5-3-8-21(13-16)27-22(28)15-30-24(27)17-9-11-20(12-10-17)26-23(29)18-6-4-7-19(25)14-18/h3-14,24H,2,15H2,1H3,(H,26,29)/t24-/m1/s1. The molecular formula is C24H21BrN2O2S. The van der Waals surface area contributed by atoms with Gasteiger partial charge < -0.3 is 5.32 Å². The number of nitrogens with one attached hydrogen (secondary N) is 1. The fourth-order valence-electron chi connectivity index (χ4n) is 3.44. The summed E-state index contributed by atoms with van der Waals surface area (Å²) in [6.07, 6.45) is 0.931. The number of amides is 2. The van der Waals surface area contributed by atoms with Crippen LogP contribution in [0.3, 0.4) is 0 Å². The minimum atomic E-state index is -0.160. The number of hydrogen-bond acceptors (Lipinski definition) is 3. The van der Waals surface area contributed by atoms with Gasteiger partial charge in [0, 0.05) is 21.4 Å². The van der Waals surface area contributed by atoms with E-state index in [1.807, 2.05) is 53.4 Å². The first-order chi connectivity index (χ1) is 14.5. The number of carbonyl (C=O) groups excluding carboxylic acids is 2. The lowest BCUT2D eigenvalue weighted by atomic mass is 10.1. The van der Waals surface area contributed by atoms with Crippen LogP contribution in [-0.4, -0.2) is 17.6 Å². The normalized spacial score (nSPS) is 16.0. The van der Waals surface area contributed by atoms with Crippen LogP contribution in [0.4, 0.5) is 11.4 Å². The third-order valence-corrected chi connectivity index (χ3v) is 6.71. The van der Waals surface area contributed by atoms with E-state index in [1.165, 1.54) is 5.56 Å². The van der Waals surface area contributed by atoms with E-state index in [4.69, 9.17) is 0 Å². The quantitative estimate of drug-likeness (QED) is 0.483. The molecule has 3 aromatic rings. The Bertz CT molecular complexity index is 1080. The maximum atomic E-state index is 12.6. The van der Waals surface area contributed by atoms with Gasteiger partial charge in [0.2, 0.25) is 5.91 Å². The summed E-state index contributed by atoms with van der Waals surface area (Å²) in [5.74, 6) is 0.417. The van der Waals surface area contributed by atoms with E-state index in [1.54, 1.807) is 23.9 Å². The number of nitrogens with zero attached hydrogens (tertiary/aromatic N) is 1. The van der Waals surface area contributed by atoms with Crippen molar-refractivity contribution in [3.63, 3.8) is 0 Å². The molecule has 0 radical (unpaired) electrons. The fourth-order valence-corrected chi connectivity index (χ4v) is 5.02. The fraction of sp³-hybridized carbons (Fsp3) is 0.167. The molecule has 0 unspecified atom stereocenters. The smallest absolute Gasteiger partial charge is 0.255 e. The van der Waals surface area contributed by atoms with Crippen molar-refractivity contribution in [1.29, 1.82) is 0 Å². The number of hydrogen-bond donors (Lipinski definition) is 1. The monoisotopic (exact) mass is 480 g/mol. The summed E-state index contributed by atoms with van der Waals surface area (Å²) in [5.41, 5.74) is 4.49. The summed E-state index contributed by atoms with van der Waals surface area (Å²) < 4.78 is 0.862. The zero-order valence-electron chi connectivity index (χ0n) is 16.5. The summed E-state index contributed by atoms with van der Waals surface area (Å²) in [6.45, 7) is 2.11. The first-order valence-electron chi connectivity index (χ1n) is 9.74. The molecular weight excluding hydrogens is 460 g/mol. The highest BCUT2D eigenvalue weighted by Crippen LogP contribution is 2.42. The van der Waals surface area contributed by atoms with Crippen LogP contribution in [-0.2, 0) is 11.2 Å². The molecule has 0 aliphatic carbocycles. The maximum absolute atomic E-state index is 12.6. The lowest BCUT2D eigenvalue weighted by molar-refractivity contribution is -0.115. The molecule has 0 aromatic heterocycles. The summed E-state index contributed by atoms with van der Waals surface area (Å²) in [5, 5.41) is 2.85. The van der Waals surface area contributed by atoms with E-state index in [0.717, 1.165) is 27.8 Å². The number of anilines is 2. The van der Waals surface area contributed by atoms with Gasteiger partial charge in [-0.25, -0.2) is 0 Å². The van der Waals surface area contributed by atoms with Gasteiger partial charge in [0.15, 0.2) is 0 Å². The summed E-state index contributed by atoms with van der Waals surface area (Å²) in [4.78, 5) is 26.9. The van der Waals surface area contributed by atoms with Crippen molar-refractivity contribution in [2.75, 3.05) is 16.0 Å². The molecule has 1 aliphatic rings. The average Bonchev–Trinajstić information content (AvgIpc) is 3.15. The zero-order chi connectivity index (χ0) is 21.1. The van der Waals surface area contributed by atoms with Gasteiger partial charge >= 0.3 is 0 Å². The number of aryl methyl sites for hydroxylation is 1. The third-order valence-electron chi connectivity index (χ3n) is 5.01. The van der Waals surface area contributed by atoms with Gasteiger partial charge in [-0.1, -0.05) is 53.2 Å². The van der Waals surface area contributed by atoms with Gasteiger partial charge in [-0.15, -0.1) is 11.8 Å². The van der Waals surface area contributed by atoms with Crippen LogP contribution < -0.4 is 10.2 Å². The number of benzene rings is 3. The molecule has 2 amide bonds. The van der Waals surface area contributed by atoms with Gasteiger partial charge in [-0.2, -0.15) is 0 Å². The molecule has 4 nitrogen and oxygen atoms in total. The molecule has 1 saturated heterocycles. The molecule has 1 fully saturated rings. The van der Waals surface area contributed by atoms with E-state index in [0.29, 0.717) is 11.3 Å². The number of thioether (sulfide) groups is 1. The van der Waals surface area contributed by atoms with Gasteiger partial charge in [-0.05, 0) is 60.0 Å². The van der Waals surface area contributed by atoms with Crippen LogP contribution in [0.25, 0.3) is 0 Å². The Hall–Kier alpha value is -2.57. The zero-order valence-corrected chi connectivity index (χ0v) is 18.9. The highest BCUT2D eigenvalue weighted by Gasteiger charge is 2.34. The lowest BCUT2D eigenvalue weighted by Gasteiger charge is -2.25. The Morgan fingerprint density at radius 1 is 1.10 bits per heavy atom. The second kappa shape index (κ2) is 9.06. The van der Waals surface area contributed by atoms with E-state index < -0.39 is 0 Å². The molecule has 1 heterocycles. The van der Waals surface area contributed by atoms with Crippen molar-refractivity contribution >= 4 is 50.9 Å². The average molecular weight is 481 g/mol. The minimum Gasteiger partial charge on any atom is -0.322 e. The molecule has 152 valence electrons. The topological polar surface area (TPSA) is 49.4 Å². The predicted octanol–water partition coefficient (Wildman–Crippen LogP) is 6.04. The third kappa shape index (κ3) is 4.45. The van der Waals surface area contributed by atoms with Gasteiger partial charge in [-0.3, -0.25) is 14.5 Å². The lowest BCUT2D eigenvalue weighted by Crippen LogP contribution is -2.27. The van der Waals surface area contributed by atoms with Crippen molar-refractivity contribution in [2.24, 2.45) is 0 Å². The Morgan fingerprint density at radius 2 is 1.87 bits per heavy atom. The van der Waals surface area contributed by atoms with E-state index >= 15 is 0 Å². The summed E-state index contributed by atoms with van der Waals surface area (Å²) in [6, 6.07) is 23.2. The molecule has 6 heteroatoms. The highest BCUT2D eigenvalue weighted by atomic mass is 79.9. The van der Waals surface area contributed by atoms with Crippen LogP contribution in [0, 0.1) is 0 Å². The molecule has 0 saturated carbocycles. The molecule has 1 N–H and O–H groups in total. The predicted molar refractivity (Wildman–Crippen MR) is 127 cm³/mol. The summed E-state index contributed by atoms with van der Waals surface area (Å²) >= 11 is 5.01. The Morgan fingerprint density at radius 3 is 2.60 bits per heavy atom. The van der Waals surface area contributed by atoms with Crippen molar-refractivity contribution in [3.8, 4) is 0 Å². The first kappa shape index (κ1) is 20.7. The van der Waals surface area contributed by atoms with Crippen molar-refractivity contribution in [2.45, 2.75) is 18.7 Å². The number of halogens is 1. The second-order valence-corrected chi connectivity index (χ2v) is 9.02. The highest BCUT2D eigenvalue weighted by molar-refractivity contribution is 9.10. The SMILES string of the molecule is CCc1cccc(N2C(=O)CS[C@@H]2c2ccc(NC(=O)c3cccc(Br)c3)cc2)c1. The largest absolute Gasteiger partial charge is 0.322 e. The molecule has 3 aromatic carbocycles. The van der Waals surface area contributed by atoms with Crippen LogP contribution in [0.15, 0.2) is 77.3 Å². The molecule has 30 heavy (non-hydrogen) atoms. The molecule has 0 spiro atoms. The van der Waals surface area contributed by atoms with Crippen molar-refractivity contribution in [1.82, 2.24) is 0 Å². The molecule has 0 bridgehead atoms. The van der Waals surface area contributed by atoms with Crippen molar-refractivity contribution in [3.05, 3.63) is 94.0 Å². The van der Waals surface area contributed by atoms with Gasteiger partial charge in [0.25, 0.3) is 5.91 Å². The minimum absolute atomic E-state index is 0.0700. The Balaban J connectivity index is 1.52. The Kier molecular flexibility index (Phi) is 6.25. The van der Waals surface area contributed by atoms with Gasteiger partial charge in [0.05, 0.1) is 5.75 Å². The summed E-state index contributed by atoms with van der Waals surface area (Å²) in [7, 11) is 0. The van der Waals surface area contributed by atoms with Crippen LogP contribution in [0.2, 0.25) is 0 Å². The Labute approximate surface area is 188 Å². The second-order valence-electron chi connectivity index (χ2n) is 7.04. The molecule has 1 aliphatic heterocycles. The van der Waals surface area contributed by atoms with E-state index in [9.17, 15) is 9.59 Å². The van der Waals surface area contributed by atoms with Crippen molar-refractivity contribution < 1.29 is 9.59 Å². The van der Waals surface area contributed by atoms with E-state index in [2.05, 4.69) is 40.3 Å². The number of rotatable bonds is 5. The van der Waals surface area contributed by atoms with Crippen LogP contribution in [0.5, 0.6) is 0 Å². The van der Waals surface area contributed by atoms with Crippen LogP contribution in [0.1, 0.15) is 33.8 Å². The molecule has 1 atom stereocenters. The first-order valence-corrected chi connectivity index (χ1v) is 11.6. The maximum Gasteiger partial charge on any atom is 0.255 e. The molecule has 4 rings (SSSR count). The van der Waals surface area contributed by atoms with Gasteiger partial charge in [0.1, 0.15) is 5.37 Å².